The van der Waals surface area contributed by atoms with Crippen LogP contribution in [-0.4, -0.2) is 16.5 Å². The summed E-state index contributed by atoms with van der Waals surface area (Å²) in [6.45, 7) is 5.19. The molecule has 0 radical (unpaired) electrons. The van der Waals surface area contributed by atoms with Gasteiger partial charge in [0, 0.05) is 28.3 Å². The zero-order chi connectivity index (χ0) is 15.2. The highest BCUT2D eigenvalue weighted by Gasteiger charge is 2.08. The van der Waals surface area contributed by atoms with Gasteiger partial charge in [0.25, 0.3) is 0 Å². The van der Waals surface area contributed by atoms with E-state index in [0.29, 0.717) is 10.8 Å². The molecule has 5 heteroatoms. The Bertz CT molecular complexity index is 616. The van der Waals surface area contributed by atoms with Gasteiger partial charge in [-0.1, -0.05) is 31.9 Å². The van der Waals surface area contributed by atoms with E-state index < -0.39 is 0 Å². The topological polar surface area (TPSA) is 37.8 Å². The molecular weight excluding hydrogens is 350 g/mol. The maximum atomic E-state index is 6.17. The van der Waals surface area contributed by atoms with Crippen molar-refractivity contribution in [3.63, 3.8) is 0 Å². The lowest BCUT2D eigenvalue weighted by Crippen LogP contribution is -2.05. The number of halogens is 2. The summed E-state index contributed by atoms with van der Waals surface area (Å²) in [5.41, 5.74) is 1.99. The molecule has 0 atom stereocenters. The van der Waals surface area contributed by atoms with Gasteiger partial charge < -0.3 is 5.32 Å². The van der Waals surface area contributed by atoms with E-state index in [1.54, 1.807) is 0 Å². The van der Waals surface area contributed by atoms with Crippen LogP contribution in [0.1, 0.15) is 32.4 Å². The van der Waals surface area contributed by atoms with Gasteiger partial charge in [0.15, 0.2) is 5.82 Å². The maximum Gasteiger partial charge on any atom is 0.161 e. The van der Waals surface area contributed by atoms with Crippen LogP contribution in [0.15, 0.2) is 28.7 Å². The summed E-state index contributed by atoms with van der Waals surface area (Å²) in [4.78, 5) is 9.25. The summed E-state index contributed by atoms with van der Waals surface area (Å²) in [5, 5.41) is 4.00. The molecule has 0 fully saturated rings. The highest BCUT2D eigenvalue weighted by Crippen LogP contribution is 2.28. The zero-order valence-electron chi connectivity index (χ0n) is 12.3. The second-order valence-electron chi connectivity index (χ2n) is 4.87. The SMILES string of the molecule is CCCNc1cc(CCC)nc(-c2ccc(Br)c(Cl)c2)n1. The number of hydrogen-bond donors (Lipinski definition) is 1. The van der Waals surface area contributed by atoms with Crippen LogP contribution in [0.25, 0.3) is 11.4 Å². The summed E-state index contributed by atoms with van der Waals surface area (Å²) in [6, 6.07) is 7.82. The highest BCUT2D eigenvalue weighted by atomic mass is 79.9. The number of nitrogens with one attached hydrogen (secondary N) is 1. The fourth-order valence-corrected chi connectivity index (χ4v) is 2.42. The van der Waals surface area contributed by atoms with E-state index >= 15 is 0 Å². The minimum absolute atomic E-state index is 0.667. The van der Waals surface area contributed by atoms with Crippen molar-refractivity contribution in [3.8, 4) is 11.4 Å². The Balaban J connectivity index is 2.40. The number of aryl methyl sites for hydroxylation is 1. The van der Waals surface area contributed by atoms with Gasteiger partial charge in [-0.15, -0.1) is 0 Å². The first kappa shape index (κ1) is 16.2. The first-order valence-corrected chi connectivity index (χ1v) is 8.38. The first-order valence-electron chi connectivity index (χ1n) is 7.21. The van der Waals surface area contributed by atoms with E-state index in [2.05, 4.69) is 45.1 Å². The number of aromatic nitrogens is 2. The predicted octanol–water partition coefficient (Wildman–Crippen LogP) is 5.33. The smallest absolute Gasteiger partial charge is 0.161 e. The molecule has 1 heterocycles. The first-order chi connectivity index (χ1) is 10.1. The van der Waals surface area contributed by atoms with Crippen molar-refractivity contribution in [1.29, 1.82) is 0 Å². The summed E-state index contributed by atoms with van der Waals surface area (Å²) < 4.78 is 0.877. The molecule has 0 saturated heterocycles. The van der Waals surface area contributed by atoms with Crippen molar-refractivity contribution in [3.05, 3.63) is 39.5 Å². The molecule has 3 nitrogen and oxygen atoms in total. The summed E-state index contributed by atoms with van der Waals surface area (Å²) in [6.07, 6.45) is 3.07. The molecular formula is C16H19BrClN3. The van der Waals surface area contributed by atoms with Crippen LogP contribution in [0, 0.1) is 0 Å². The lowest BCUT2D eigenvalue weighted by atomic mass is 10.2. The van der Waals surface area contributed by atoms with Gasteiger partial charge >= 0.3 is 0 Å². The van der Waals surface area contributed by atoms with Crippen molar-refractivity contribution in [1.82, 2.24) is 9.97 Å². The number of anilines is 1. The molecule has 0 saturated carbocycles. The molecule has 2 aromatic rings. The molecule has 2 rings (SSSR count). The van der Waals surface area contributed by atoms with Crippen LogP contribution in [0.4, 0.5) is 5.82 Å². The quantitative estimate of drug-likeness (QED) is 0.748. The van der Waals surface area contributed by atoms with E-state index in [-0.39, 0.29) is 0 Å². The van der Waals surface area contributed by atoms with Gasteiger partial charge in [0.05, 0.1) is 5.02 Å². The van der Waals surface area contributed by atoms with Crippen LogP contribution in [-0.2, 0) is 6.42 Å². The normalized spacial score (nSPS) is 10.7. The van der Waals surface area contributed by atoms with Crippen LogP contribution in [0.2, 0.25) is 5.02 Å². The number of hydrogen-bond acceptors (Lipinski definition) is 3. The molecule has 1 N–H and O–H groups in total. The minimum atomic E-state index is 0.667. The summed E-state index contributed by atoms with van der Waals surface area (Å²) >= 11 is 9.57. The minimum Gasteiger partial charge on any atom is -0.370 e. The predicted molar refractivity (Wildman–Crippen MR) is 93.0 cm³/mol. The Morgan fingerprint density at radius 1 is 1.14 bits per heavy atom. The third-order valence-corrected chi connectivity index (χ3v) is 4.25. The lowest BCUT2D eigenvalue weighted by Gasteiger charge is -2.10. The Labute approximate surface area is 139 Å². The van der Waals surface area contributed by atoms with Crippen molar-refractivity contribution in [2.75, 3.05) is 11.9 Å². The van der Waals surface area contributed by atoms with E-state index in [1.165, 1.54) is 0 Å². The number of rotatable bonds is 6. The van der Waals surface area contributed by atoms with Crippen LogP contribution in [0.3, 0.4) is 0 Å². The molecule has 0 spiro atoms. The van der Waals surface area contributed by atoms with E-state index in [4.69, 9.17) is 11.6 Å². The third-order valence-electron chi connectivity index (χ3n) is 3.02. The highest BCUT2D eigenvalue weighted by molar-refractivity contribution is 9.10. The van der Waals surface area contributed by atoms with Crippen molar-refractivity contribution >= 4 is 33.3 Å². The maximum absolute atomic E-state index is 6.17. The zero-order valence-corrected chi connectivity index (χ0v) is 14.6. The average molecular weight is 369 g/mol. The number of nitrogens with zero attached hydrogens (tertiary/aromatic N) is 2. The summed E-state index contributed by atoms with van der Waals surface area (Å²) in [5.74, 6) is 1.60. The van der Waals surface area contributed by atoms with Crippen LogP contribution < -0.4 is 5.32 Å². The fourth-order valence-electron chi connectivity index (χ4n) is 1.99. The van der Waals surface area contributed by atoms with E-state index in [1.807, 2.05) is 24.3 Å². The van der Waals surface area contributed by atoms with Crippen molar-refractivity contribution in [2.24, 2.45) is 0 Å². The monoisotopic (exact) mass is 367 g/mol. The molecule has 0 unspecified atom stereocenters. The molecule has 21 heavy (non-hydrogen) atoms. The molecule has 0 aliphatic carbocycles. The molecule has 0 bridgehead atoms. The molecule has 1 aromatic heterocycles. The molecule has 0 amide bonds. The van der Waals surface area contributed by atoms with E-state index in [0.717, 1.165) is 47.4 Å². The van der Waals surface area contributed by atoms with Gasteiger partial charge in [0.2, 0.25) is 0 Å². The van der Waals surface area contributed by atoms with Crippen LogP contribution >= 0.6 is 27.5 Å². The summed E-state index contributed by atoms with van der Waals surface area (Å²) in [7, 11) is 0. The van der Waals surface area contributed by atoms with Gasteiger partial charge in [-0.05, 0) is 47.0 Å². The largest absolute Gasteiger partial charge is 0.370 e. The fraction of sp³-hybridized carbons (Fsp3) is 0.375. The van der Waals surface area contributed by atoms with Gasteiger partial charge in [-0.3, -0.25) is 0 Å². The Morgan fingerprint density at radius 2 is 1.95 bits per heavy atom. The molecule has 0 aliphatic heterocycles. The Kier molecular flexibility index (Phi) is 6.00. The van der Waals surface area contributed by atoms with Crippen molar-refractivity contribution < 1.29 is 0 Å². The van der Waals surface area contributed by atoms with E-state index in [9.17, 15) is 0 Å². The van der Waals surface area contributed by atoms with Crippen molar-refractivity contribution in [2.45, 2.75) is 33.1 Å². The lowest BCUT2D eigenvalue weighted by molar-refractivity contribution is 0.872. The van der Waals surface area contributed by atoms with Gasteiger partial charge in [-0.2, -0.15) is 0 Å². The van der Waals surface area contributed by atoms with Gasteiger partial charge in [0.1, 0.15) is 5.82 Å². The second-order valence-corrected chi connectivity index (χ2v) is 6.14. The average Bonchev–Trinajstić information content (AvgIpc) is 2.48. The molecule has 112 valence electrons. The molecule has 0 aliphatic rings. The van der Waals surface area contributed by atoms with Crippen LogP contribution in [0.5, 0.6) is 0 Å². The Morgan fingerprint density at radius 3 is 2.62 bits per heavy atom. The molecule has 1 aromatic carbocycles. The third kappa shape index (κ3) is 4.42. The Hall–Kier alpha value is -1.13. The van der Waals surface area contributed by atoms with Gasteiger partial charge in [-0.25, -0.2) is 9.97 Å². The second kappa shape index (κ2) is 7.76. The standard InChI is InChI=1S/C16H19BrClN3/c1-3-5-12-10-15(19-8-4-2)21-16(20-12)11-6-7-13(17)14(18)9-11/h6-7,9-10H,3-5,8H2,1-2H3,(H,19,20,21). The number of benzene rings is 1.